The molecular formula is C19H23N5O. The molecule has 2 aromatic rings. The number of rotatable bonds is 2. The Morgan fingerprint density at radius 2 is 1.88 bits per heavy atom. The topological polar surface area (TPSA) is 53.7 Å². The summed E-state index contributed by atoms with van der Waals surface area (Å²) in [4.78, 5) is 26.3. The van der Waals surface area contributed by atoms with Crippen molar-refractivity contribution in [3.63, 3.8) is 0 Å². The van der Waals surface area contributed by atoms with E-state index in [1.165, 1.54) is 0 Å². The highest BCUT2D eigenvalue weighted by molar-refractivity contribution is 6.18. The molecule has 0 bridgehead atoms. The van der Waals surface area contributed by atoms with Crippen LogP contribution in [-0.4, -0.2) is 44.9 Å². The number of amides is 1. The maximum absolute atomic E-state index is 13.1. The van der Waals surface area contributed by atoms with Crippen molar-refractivity contribution < 1.29 is 4.79 Å². The molecule has 0 unspecified atom stereocenters. The van der Waals surface area contributed by atoms with Crippen molar-refractivity contribution >= 4 is 17.7 Å². The number of aliphatic imine (C=N–C) groups is 1. The molecule has 0 N–H and O–H groups in total. The van der Waals surface area contributed by atoms with Gasteiger partial charge in [-0.15, -0.1) is 0 Å². The van der Waals surface area contributed by atoms with Gasteiger partial charge in [0, 0.05) is 13.6 Å². The summed E-state index contributed by atoms with van der Waals surface area (Å²) in [6.45, 7) is 8.91. The number of anilines is 1. The Bertz CT molecular complexity index is 881. The van der Waals surface area contributed by atoms with Crippen LogP contribution in [0.4, 0.5) is 5.82 Å². The van der Waals surface area contributed by atoms with Crippen molar-refractivity contribution in [1.29, 1.82) is 0 Å². The summed E-state index contributed by atoms with van der Waals surface area (Å²) in [5.74, 6) is 2.22. The van der Waals surface area contributed by atoms with Gasteiger partial charge in [-0.05, 0) is 33.3 Å². The first-order valence-electron chi connectivity index (χ1n) is 8.59. The molecule has 1 amide bonds. The van der Waals surface area contributed by atoms with Gasteiger partial charge in [-0.1, -0.05) is 30.3 Å². The molecule has 1 aromatic carbocycles. The Morgan fingerprint density at radius 1 is 1.20 bits per heavy atom. The second-order valence-electron chi connectivity index (χ2n) is 7.38. The molecule has 6 heteroatoms. The van der Waals surface area contributed by atoms with Crippen molar-refractivity contribution in [3.8, 4) is 0 Å². The monoisotopic (exact) mass is 337 g/mol. The minimum Gasteiger partial charge on any atom is -0.318 e. The molecule has 0 spiro atoms. The van der Waals surface area contributed by atoms with Gasteiger partial charge in [0.15, 0.2) is 11.5 Å². The van der Waals surface area contributed by atoms with Gasteiger partial charge in [0.25, 0.3) is 5.91 Å². The van der Waals surface area contributed by atoms with Gasteiger partial charge < -0.3 is 4.57 Å². The van der Waals surface area contributed by atoms with Crippen LogP contribution in [0.1, 0.15) is 42.6 Å². The molecule has 6 nitrogen and oxygen atoms in total. The number of hydrogen-bond donors (Lipinski definition) is 0. The lowest BCUT2D eigenvalue weighted by atomic mass is 9.97. The zero-order valence-electron chi connectivity index (χ0n) is 15.3. The Kier molecular flexibility index (Phi) is 3.29. The van der Waals surface area contributed by atoms with E-state index in [1.54, 1.807) is 11.9 Å². The lowest BCUT2D eigenvalue weighted by Crippen LogP contribution is -2.52. The number of nitrogens with zero attached hydrogens (tertiary/aromatic N) is 5. The van der Waals surface area contributed by atoms with Crippen LogP contribution in [0.25, 0.3) is 0 Å². The van der Waals surface area contributed by atoms with E-state index in [0.717, 1.165) is 17.2 Å². The molecule has 1 aromatic heterocycles. The first-order chi connectivity index (χ1) is 11.8. The van der Waals surface area contributed by atoms with Gasteiger partial charge >= 0.3 is 0 Å². The fourth-order valence-corrected chi connectivity index (χ4v) is 3.55. The van der Waals surface area contributed by atoms with Crippen LogP contribution in [0, 0.1) is 6.92 Å². The summed E-state index contributed by atoms with van der Waals surface area (Å²) in [5.41, 5.74) is 1.53. The van der Waals surface area contributed by atoms with Gasteiger partial charge in [-0.3, -0.25) is 14.6 Å². The SMILES string of the molecule is Cc1nc2c(n1Cc1ccccc1)C(=O)N(C)C1=NC(C)(C)[C@@H](C)N12. The van der Waals surface area contributed by atoms with E-state index in [1.807, 2.05) is 29.7 Å². The first kappa shape index (κ1) is 15.9. The molecule has 0 fully saturated rings. The number of hydrogen-bond acceptors (Lipinski definition) is 4. The van der Waals surface area contributed by atoms with Gasteiger partial charge in [0.1, 0.15) is 5.82 Å². The fourth-order valence-electron chi connectivity index (χ4n) is 3.55. The van der Waals surface area contributed by atoms with Crippen LogP contribution in [0.5, 0.6) is 0 Å². The normalized spacial score (nSPS) is 21.2. The summed E-state index contributed by atoms with van der Waals surface area (Å²) in [6.07, 6.45) is 0. The molecule has 130 valence electrons. The highest BCUT2D eigenvalue weighted by Crippen LogP contribution is 2.38. The Hall–Kier alpha value is -2.63. The highest BCUT2D eigenvalue weighted by atomic mass is 16.2. The van der Waals surface area contributed by atoms with Crippen molar-refractivity contribution in [2.24, 2.45) is 4.99 Å². The quantitative estimate of drug-likeness (QED) is 0.846. The largest absolute Gasteiger partial charge is 0.318 e. The smallest absolute Gasteiger partial charge is 0.280 e. The Balaban J connectivity index is 1.85. The third kappa shape index (κ3) is 2.20. The van der Waals surface area contributed by atoms with Crippen molar-refractivity contribution in [3.05, 3.63) is 47.4 Å². The molecule has 2 aliphatic heterocycles. The van der Waals surface area contributed by atoms with E-state index in [4.69, 9.17) is 9.98 Å². The Labute approximate surface area is 147 Å². The maximum Gasteiger partial charge on any atom is 0.280 e. The lowest BCUT2D eigenvalue weighted by Gasteiger charge is -2.35. The second kappa shape index (κ2) is 5.18. The number of benzene rings is 1. The third-order valence-corrected chi connectivity index (χ3v) is 5.37. The van der Waals surface area contributed by atoms with E-state index in [2.05, 4.69) is 37.8 Å². The highest BCUT2D eigenvalue weighted by Gasteiger charge is 2.48. The van der Waals surface area contributed by atoms with E-state index in [9.17, 15) is 4.79 Å². The fraction of sp³-hybridized carbons (Fsp3) is 0.421. The number of fused-ring (bicyclic) bond motifs is 3. The number of carbonyl (C=O) groups is 1. The van der Waals surface area contributed by atoms with Crippen LogP contribution >= 0.6 is 0 Å². The molecule has 0 radical (unpaired) electrons. The molecule has 3 heterocycles. The number of aromatic nitrogens is 2. The molecule has 0 aliphatic carbocycles. The predicted molar refractivity (Wildman–Crippen MR) is 98.1 cm³/mol. The van der Waals surface area contributed by atoms with Crippen LogP contribution < -0.4 is 4.90 Å². The summed E-state index contributed by atoms with van der Waals surface area (Å²) in [5, 5.41) is 0. The maximum atomic E-state index is 13.1. The lowest BCUT2D eigenvalue weighted by molar-refractivity contribution is 0.0855. The Morgan fingerprint density at radius 3 is 2.56 bits per heavy atom. The van der Waals surface area contributed by atoms with Gasteiger partial charge in [-0.25, -0.2) is 9.98 Å². The number of carbonyl (C=O) groups excluding carboxylic acids is 1. The second-order valence-corrected chi connectivity index (χ2v) is 7.38. The van der Waals surface area contributed by atoms with E-state index < -0.39 is 0 Å². The molecule has 0 saturated carbocycles. The van der Waals surface area contributed by atoms with Crippen LogP contribution in [-0.2, 0) is 6.54 Å². The van der Waals surface area contributed by atoms with Crippen molar-refractivity contribution in [2.45, 2.75) is 45.8 Å². The molecular weight excluding hydrogens is 314 g/mol. The minimum atomic E-state index is -0.261. The molecule has 4 rings (SSSR count). The van der Waals surface area contributed by atoms with Crippen LogP contribution in [0.2, 0.25) is 0 Å². The summed E-state index contributed by atoms with van der Waals surface area (Å²) >= 11 is 0. The van der Waals surface area contributed by atoms with Gasteiger partial charge in [0.2, 0.25) is 5.96 Å². The zero-order chi connectivity index (χ0) is 17.9. The zero-order valence-corrected chi connectivity index (χ0v) is 15.3. The van der Waals surface area contributed by atoms with Crippen molar-refractivity contribution in [1.82, 2.24) is 14.5 Å². The molecule has 25 heavy (non-hydrogen) atoms. The predicted octanol–water partition coefficient (Wildman–Crippen LogP) is 2.67. The standard InChI is InChI=1S/C19H23N5O/c1-12-19(3,4)21-18-22(5)17(25)15-16(24(12)18)20-13(2)23(15)11-14-9-7-6-8-10-14/h6-10,12H,11H2,1-5H3/t12-/m1/s1. The minimum absolute atomic E-state index is 0.0496. The van der Waals surface area contributed by atoms with E-state index >= 15 is 0 Å². The van der Waals surface area contributed by atoms with Crippen LogP contribution in [0.15, 0.2) is 35.3 Å². The summed E-state index contributed by atoms with van der Waals surface area (Å²) < 4.78 is 2.01. The molecule has 1 atom stereocenters. The molecule has 0 saturated heterocycles. The number of imidazole rings is 1. The molecule has 2 aliphatic rings. The van der Waals surface area contributed by atoms with E-state index in [0.29, 0.717) is 18.2 Å². The number of aryl methyl sites for hydroxylation is 1. The number of guanidine groups is 1. The summed E-state index contributed by atoms with van der Waals surface area (Å²) in [6, 6.07) is 10.3. The average Bonchev–Trinajstić information content (AvgIpc) is 3.01. The van der Waals surface area contributed by atoms with Gasteiger partial charge in [0.05, 0.1) is 11.6 Å². The van der Waals surface area contributed by atoms with E-state index in [-0.39, 0.29) is 17.5 Å². The average molecular weight is 337 g/mol. The first-order valence-corrected chi connectivity index (χ1v) is 8.59. The van der Waals surface area contributed by atoms with Gasteiger partial charge in [-0.2, -0.15) is 0 Å². The summed E-state index contributed by atoms with van der Waals surface area (Å²) in [7, 11) is 1.79. The van der Waals surface area contributed by atoms with Crippen LogP contribution in [0.3, 0.4) is 0 Å². The third-order valence-electron chi connectivity index (χ3n) is 5.37. The van der Waals surface area contributed by atoms with Crippen molar-refractivity contribution in [2.75, 3.05) is 11.9 Å².